The Morgan fingerprint density at radius 3 is 2.76 bits per heavy atom. The summed E-state index contributed by atoms with van der Waals surface area (Å²) in [5, 5.41) is 5.52. The highest BCUT2D eigenvalue weighted by Gasteiger charge is 2.28. The van der Waals surface area contributed by atoms with Crippen LogP contribution in [0.25, 0.3) is 10.9 Å². The van der Waals surface area contributed by atoms with Crippen LogP contribution in [-0.2, 0) is 22.5 Å². The predicted molar refractivity (Wildman–Crippen MR) is 126 cm³/mol. The summed E-state index contributed by atoms with van der Waals surface area (Å²) in [6.07, 6.45) is 6.75. The Bertz CT molecular complexity index is 1160. The van der Waals surface area contributed by atoms with Gasteiger partial charge in [0, 0.05) is 19.0 Å². The minimum absolute atomic E-state index is 0.0170. The summed E-state index contributed by atoms with van der Waals surface area (Å²) in [5.41, 5.74) is 0.529. The third kappa shape index (κ3) is 5.29. The lowest BCUT2D eigenvalue weighted by Gasteiger charge is -2.34. The minimum Gasteiger partial charge on any atom is -0.452 e. The van der Waals surface area contributed by atoms with Crippen LogP contribution in [0.15, 0.2) is 23.0 Å². The first-order valence-electron chi connectivity index (χ1n) is 12.1. The van der Waals surface area contributed by atoms with Gasteiger partial charge in [0.1, 0.15) is 5.82 Å². The number of hydrogen-bond donors (Lipinski definition) is 2. The first-order chi connectivity index (χ1) is 16.3. The van der Waals surface area contributed by atoms with E-state index in [1.54, 1.807) is 10.6 Å². The zero-order valence-corrected chi connectivity index (χ0v) is 19.8. The number of nitrogens with one attached hydrogen (secondary N) is 2. The van der Waals surface area contributed by atoms with E-state index in [1.165, 1.54) is 12.1 Å². The zero-order chi connectivity index (χ0) is 24.2. The van der Waals surface area contributed by atoms with E-state index in [2.05, 4.69) is 29.5 Å². The van der Waals surface area contributed by atoms with E-state index < -0.39 is 24.5 Å². The van der Waals surface area contributed by atoms with Gasteiger partial charge in [0.25, 0.3) is 11.5 Å². The van der Waals surface area contributed by atoms with Crippen LogP contribution < -0.4 is 16.2 Å². The molecule has 1 aliphatic carbocycles. The molecule has 3 atom stereocenters. The average molecular weight is 469 g/mol. The molecule has 2 heterocycles. The summed E-state index contributed by atoms with van der Waals surface area (Å²) in [4.78, 5) is 54.2. The monoisotopic (exact) mass is 468 g/mol. The second-order valence-corrected chi connectivity index (χ2v) is 9.50. The van der Waals surface area contributed by atoms with Crippen LogP contribution in [0.3, 0.4) is 0 Å². The van der Waals surface area contributed by atoms with E-state index in [0.29, 0.717) is 29.3 Å². The maximum Gasteiger partial charge on any atom is 0.338 e. The number of amides is 3. The van der Waals surface area contributed by atoms with Gasteiger partial charge in [-0.25, -0.2) is 14.6 Å². The molecule has 2 aromatic rings. The normalized spacial score (nSPS) is 22.4. The molecule has 2 N–H and O–H groups in total. The SMILES string of the molecule is C[C@@H]1[C@H](C)CCC[C@@H]1NC(=O)NC(=O)COC(=O)c1ccc2c(=O)n3c(nc2c1)CCCCC3. The molecule has 9 heteroatoms. The highest BCUT2D eigenvalue weighted by molar-refractivity contribution is 5.98. The van der Waals surface area contributed by atoms with Crippen molar-refractivity contribution in [3.63, 3.8) is 0 Å². The van der Waals surface area contributed by atoms with E-state index in [9.17, 15) is 19.2 Å². The molecule has 182 valence electrons. The molecule has 0 bridgehead atoms. The van der Waals surface area contributed by atoms with Crippen molar-refractivity contribution < 1.29 is 19.1 Å². The fourth-order valence-corrected chi connectivity index (χ4v) is 4.91. The smallest absolute Gasteiger partial charge is 0.338 e. The van der Waals surface area contributed by atoms with E-state index in [0.717, 1.165) is 50.8 Å². The van der Waals surface area contributed by atoms with Gasteiger partial charge >= 0.3 is 12.0 Å². The molecule has 34 heavy (non-hydrogen) atoms. The summed E-state index contributed by atoms with van der Waals surface area (Å²) in [6, 6.07) is 4.01. The summed E-state index contributed by atoms with van der Waals surface area (Å²) < 4.78 is 6.81. The highest BCUT2D eigenvalue weighted by atomic mass is 16.5. The van der Waals surface area contributed by atoms with Crippen LogP contribution in [0.1, 0.15) is 68.6 Å². The Kier molecular flexibility index (Phi) is 7.29. The number of imide groups is 1. The van der Waals surface area contributed by atoms with Crippen molar-refractivity contribution in [1.82, 2.24) is 20.2 Å². The van der Waals surface area contributed by atoms with Crippen LogP contribution >= 0.6 is 0 Å². The van der Waals surface area contributed by atoms with Crippen LogP contribution in [0.5, 0.6) is 0 Å². The second-order valence-electron chi connectivity index (χ2n) is 9.50. The Morgan fingerprint density at radius 2 is 1.94 bits per heavy atom. The number of nitrogens with zero attached hydrogens (tertiary/aromatic N) is 2. The quantitative estimate of drug-likeness (QED) is 0.666. The third-order valence-electron chi connectivity index (χ3n) is 7.16. The summed E-state index contributed by atoms with van der Waals surface area (Å²) in [5.74, 6) is 0.150. The van der Waals surface area contributed by atoms with Crippen LogP contribution in [0, 0.1) is 11.8 Å². The average Bonchev–Trinajstić information content (AvgIpc) is 3.06. The molecule has 3 amide bonds. The second kappa shape index (κ2) is 10.4. The Hall–Kier alpha value is -3.23. The molecule has 0 saturated heterocycles. The number of carbonyl (C=O) groups excluding carboxylic acids is 3. The largest absolute Gasteiger partial charge is 0.452 e. The first kappa shape index (κ1) is 23.9. The van der Waals surface area contributed by atoms with E-state index in [4.69, 9.17) is 4.74 Å². The van der Waals surface area contributed by atoms with Gasteiger partial charge in [-0.2, -0.15) is 0 Å². The minimum atomic E-state index is -0.718. The fourth-order valence-electron chi connectivity index (χ4n) is 4.91. The molecular weight excluding hydrogens is 436 g/mol. The topological polar surface area (TPSA) is 119 Å². The molecular formula is C25H32N4O5. The van der Waals surface area contributed by atoms with Crippen LogP contribution in [0.2, 0.25) is 0 Å². The number of hydrogen-bond acceptors (Lipinski definition) is 6. The molecule has 1 aliphatic heterocycles. The van der Waals surface area contributed by atoms with Gasteiger partial charge in [0.2, 0.25) is 0 Å². The van der Waals surface area contributed by atoms with Crippen molar-refractivity contribution >= 4 is 28.8 Å². The molecule has 1 aromatic carbocycles. The van der Waals surface area contributed by atoms with Gasteiger partial charge in [0.15, 0.2) is 6.61 Å². The predicted octanol–water partition coefficient (Wildman–Crippen LogP) is 2.93. The molecule has 4 rings (SSSR count). The summed E-state index contributed by atoms with van der Waals surface area (Å²) in [7, 11) is 0. The van der Waals surface area contributed by atoms with Crippen LogP contribution in [0.4, 0.5) is 4.79 Å². The number of esters is 1. The molecule has 0 radical (unpaired) electrons. The number of benzene rings is 1. The number of fused-ring (bicyclic) bond motifs is 2. The molecule has 9 nitrogen and oxygen atoms in total. The van der Waals surface area contributed by atoms with E-state index in [-0.39, 0.29) is 17.2 Å². The lowest BCUT2D eigenvalue weighted by atomic mass is 9.78. The highest BCUT2D eigenvalue weighted by Crippen LogP contribution is 2.29. The first-order valence-corrected chi connectivity index (χ1v) is 12.1. The number of ether oxygens (including phenoxy) is 1. The summed E-state index contributed by atoms with van der Waals surface area (Å²) >= 11 is 0. The molecule has 0 spiro atoms. The fraction of sp³-hybridized carbons (Fsp3) is 0.560. The third-order valence-corrected chi connectivity index (χ3v) is 7.16. The van der Waals surface area contributed by atoms with Gasteiger partial charge in [-0.1, -0.05) is 33.1 Å². The van der Waals surface area contributed by atoms with Gasteiger partial charge in [-0.15, -0.1) is 0 Å². The van der Waals surface area contributed by atoms with Crippen molar-refractivity contribution in [2.75, 3.05) is 6.61 Å². The van der Waals surface area contributed by atoms with Crippen molar-refractivity contribution in [2.45, 2.75) is 71.4 Å². The Morgan fingerprint density at radius 1 is 1.12 bits per heavy atom. The molecule has 2 aliphatic rings. The molecule has 1 saturated carbocycles. The van der Waals surface area contributed by atoms with Crippen molar-refractivity contribution in [1.29, 1.82) is 0 Å². The van der Waals surface area contributed by atoms with Crippen molar-refractivity contribution in [3.05, 3.63) is 39.9 Å². The lowest BCUT2D eigenvalue weighted by molar-refractivity contribution is -0.123. The van der Waals surface area contributed by atoms with Gasteiger partial charge in [0.05, 0.1) is 16.5 Å². The number of aryl methyl sites for hydroxylation is 1. The number of aromatic nitrogens is 2. The van der Waals surface area contributed by atoms with Crippen molar-refractivity contribution in [3.8, 4) is 0 Å². The zero-order valence-electron chi connectivity index (χ0n) is 19.8. The maximum absolute atomic E-state index is 12.8. The van der Waals surface area contributed by atoms with E-state index >= 15 is 0 Å². The van der Waals surface area contributed by atoms with Gasteiger partial charge in [-0.05, 0) is 49.3 Å². The molecule has 0 unspecified atom stereocenters. The Labute approximate surface area is 198 Å². The Balaban J connectivity index is 1.35. The molecule has 1 fully saturated rings. The molecule has 1 aromatic heterocycles. The summed E-state index contributed by atoms with van der Waals surface area (Å²) in [6.45, 7) is 4.34. The van der Waals surface area contributed by atoms with Crippen LogP contribution in [-0.4, -0.2) is 40.1 Å². The van der Waals surface area contributed by atoms with Gasteiger partial charge in [-0.3, -0.25) is 19.5 Å². The lowest BCUT2D eigenvalue weighted by Crippen LogP contribution is -2.49. The van der Waals surface area contributed by atoms with Gasteiger partial charge < -0.3 is 10.1 Å². The maximum atomic E-state index is 12.8. The van der Waals surface area contributed by atoms with E-state index in [1.807, 2.05) is 0 Å². The number of carbonyl (C=O) groups is 3. The van der Waals surface area contributed by atoms with Crippen molar-refractivity contribution in [2.24, 2.45) is 11.8 Å². The number of rotatable bonds is 4. The standard InChI is InChI=1S/C25H32N4O5/c1-15-7-6-8-19(16(15)2)27-25(33)28-22(30)14-34-24(32)17-10-11-18-20(13-17)26-21-9-4-3-5-12-29(21)23(18)31/h10-11,13,15-16,19H,3-9,12,14H2,1-2H3,(H2,27,28,30,33)/t15-,16-,19+/m1/s1. The number of urea groups is 1.